The number of hydrogen-bond acceptors (Lipinski definition) is 6. The lowest BCUT2D eigenvalue weighted by molar-refractivity contribution is -0.162. The third-order valence-corrected chi connectivity index (χ3v) is 5.24. The highest BCUT2D eigenvalue weighted by atomic mass is 32.1. The quantitative estimate of drug-likeness (QED) is 0.272. The molecule has 2 aliphatic heterocycles. The van der Waals surface area contributed by atoms with Crippen LogP contribution >= 0.6 is 12.6 Å². The van der Waals surface area contributed by atoms with Crippen molar-refractivity contribution in [2.75, 3.05) is 33.7 Å². The summed E-state index contributed by atoms with van der Waals surface area (Å²) in [7, 11) is 3.31. The van der Waals surface area contributed by atoms with Gasteiger partial charge in [0, 0.05) is 44.2 Å². The molecule has 2 N–H and O–H groups in total. The fraction of sp³-hybridized carbons (Fsp3) is 0.375. The van der Waals surface area contributed by atoms with Gasteiger partial charge in [0.15, 0.2) is 0 Å². The van der Waals surface area contributed by atoms with E-state index >= 15 is 0 Å². The summed E-state index contributed by atoms with van der Waals surface area (Å²) in [6.45, 7) is 14.5. The molecule has 9 heteroatoms. The van der Waals surface area contributed by atoms with Gasteiger partial charge in [-0.05, 0) is 25.0 Å². The Morgan fingerprint density at radius 1 is 1.33 bits per heavy atom. The molecule has 0 spiro atoms. The second-order valence-corrected chi connectivity index (χ2v) is 8.04. The first-order chi connectivity index (χ1) is 15.7. The summed E-state index contributed by atoms with van der Waals surface area (Å²) in [6, 6.07) is -0.495. The Kier molecular flexibility index (Phi) is 12.2. The van der Waals surface area contributed by atoms with E-state index in [0.717, 1.165) is 16.9 Å². The monoisotopic (exact) mass is 473 g/mol. The maximum Gasteiger partial charge on any atom is 0.271 e. The number of hydrazine groups is 2. The fourth-order valence-corrected chi connectivity index (χ4v) is 3.00. The van der Waals surface area contributed by atoms with E-state index < -0.39 is 6.04 Å². The van der Waals surface area contributed by atoms with E-state index in [1.165, 1.54) is 10.0 Å². The molecule has 1 unspecified atom stereocenters. The molecule has 0 aromatic rings. The summed E-state index contributed by atoms with van der Waals surface area (Å²) < 4.78 is 0. The van der Waals surface area contributed by atoms with Crippen LogP contribution in [0.4, 0.5) is 0 Å². The van der Waals surface area contributed by atoms with Crippen LogP contribution in [0, 0.1) is 0 Å². The standard InChI is InChI=1S/C17H25N5O3.C7H10S/c1-5-6-13-7-9-21(16(24)12(13)2)10-8-18-22-17(25)14(19-22)11-15(23)20(3)4;1-3-5-6-7(8)4-2/h5-6,14,18-19H,1-2,7-11H2,3-4H3;3-6,8H,2H2,1H3/b13-6-;5-3+,7-6+. The molecule has 2 rings (SSSR count). The molecule has 0 aromatic heterocycles. The molecule has 0 radical (unpaired) electrons. The molecule has 2 aliphatic rings. The molecule has 180 valence electrons. The van der Waals surface area contributed by atoms with Gasteiger partial charge in [-0.3, -0.25) is 14.4 Å². The van der Waals surface area contributed by atoms with Crippen LogP contribution in [0.2, 0.25) is 0 Å². The lowest BCUT2D eigenvalue weighted by Crippen LogP contribution is -2.72. The number of piperidine rings is 1. The Bertz CT molecular complexity index is 860. The molecule has 2 saturated heterocycles. The van der Waals surface area contributed by atoms with Crippen LogP contribution in [0.25, 0.3) is 0 Å². The van der Waals surface area contributed by atoms with E-state index in [9.17, 15) is 14.4 Å². The van der Waals surface area contributed by atoms with Crippen LogP contribution in [0.3, 0.4) is 0 Å². The van der Waals surface area contributed by atoms with Gasteiger partial charge in [-0.1, -0.05) is 50.1 Å². The highest BCUT2D eigenvalue weighted by molar-refractivity contribution is 7.84. The predicted molar refractivity (Wildman–Crippen MR) is 136 cm³/mol. The largest absolute Gasteiger partial charge is 0.349 e. The average molecular weight is 474 g/mol. The summed E-state index contributed by atoms with van der Waals surface area (Å²) in [4.78, 5) is 39.8. The van der Waals surface area contributed by atoms with E-state index in [-0.39, 0.29) is 24.1 Å². The van der Waals surface area contributed by atoms with Gasteiger partial charge in [0.25, 0.3) is 11.8 Å². The zero-order chi connectivity index (χ0) is 25.0. The van der Waals surface area contributed by atoms with Gasteiger partial charge in [-0.2, -0.15) is 0 Å². The van der Waals surface area contributed by atoms with Gasteiger partial charge in [-0.15, -0.1) is 12.6 Å². The third-order valence-electron chi connectivity index (χ3n) is 4.90. The van der Waals surface area contributed by atoms with Crippen molar-refractivity contribution < 1.29 is 14.4 Å². The highest BCUT2D eigenvalue weighted by Crippen LogP contribution is 2.21. The van der Waals surface area contributed by atoms with Crippen molar-refractivity contribution >= 4 is 30.4 Å². The number of amides is 3. The summed E-state index contributed by atoms with van der Waals surface area (Å²) in [5.74, 6) is -0.384. The first-order valence-corrected chi connectivity index (χ1v) is 11.1. The van der Waals surface area contributed by atoms with Crippen LogP contribution in [-0.2, 0) is 14.4 Å². The van der Waals surface area contributed by atoms with Crippen molar-refractivity contribution in [3.05, 3.63) is 72.2 Å². The minimum atomic E-state index is -0.495. The number of likely N-dealkylation sites (tertiary alicyclic amines) is 1. The SMILES string of the molecule is C=C/C(S)=C\C=C\C.C=C/C=C1/CCN(CCNN2NC(CC(=O)N(C)C)C2=O)C(=O)C1=C. The van der Waals surface area contributed by atoms with Crippen LogP contribution in [0.5, 0.6) is 0 Å². The normalized spacial score (nSPS) is 19.9. The van der Waals surface area contributed by atoms with Gasteiger partial charge in [0.05, 0.1) is 6.42 Å². The van der Waals surface area contributed by atoms with E-state index in [1.807, 2.05) is 31.2 Å². The number of thiol groups is 1. The number of allylic oxidation sites excluding steroid dienone is 6. The lowest BCUT2D eigenvalue weighted by atomic mass is 9.98. The van der Waals surface area contributed by atoms with Gasteiger partial charge in [0.1, 0.15) is 6.04 Å². The van der Waals surface area contributed by atoms with Crippen molar-refractivity contribution in [1.29, 1.82) is 0 Å². The zero-order valence-electron chi connectivity index (χ0n) is 19.7. The van der Waals surface area contributed by atoms with Crippen LogP contribution < -0.4 is 10.9 Å². The predicted octanol–water partition coefficient (Wildman–Crippen LogP) is 2.15. The van der Waals surface area contributed by atoms with Gasteiger partial charge in [-0.25, -0.2) is 16.0 Å². The van der Waals surface area contributed by atoms with Crippen LogP contribution in [0.15, 0.2) is 72.2 Å². The first kappa shape index (κ1) is 28.2. The maximum atomic E-state index is 12.3. The summed E-state index contributed by atoms with van der Waals surface area (Å²) in [6.07, 6.45) is 11.8. The number of carbonyl (C=O) groups is 3. The van der Waals surface area contributed by atoms with Crippen LogP contribution in [-0.4, -0.2) is 72.4 Å². The average Bonchev–Trinajstić information content (AvgIpc) is 2.80. The smallest absolute Gasteiger partial charge is 0.271 e. The van der Waals surface area contributed by atoms with E-state index in [4.69, 9.17) is 0 Å². The van der Waals surface area contributed by atoms with Crippen molar-refractivity contribution in [2.45, 2.75) is 25.8 Å². The number of hydrogen-bond donors (Lipinski definition) is 3. The molecule has 0 aliphatic carbocycles. The molecular weight excluding hydrogens is 438 g/mol. The Balaban J connectivity index is 0.000000582. The van der Waals surface area contributed by atoms with E-state index in [2.05, 4.69) is 43.2 Å². The molecule has 3 amide bonds. The molecular formula is C24H35N5O3S. The Morgan fingerprint density at radius 2 is 2.03 bits per heavy atom. The molecule has 2 fully saturated rings. The van der Waals surface area contributed by atoms with Gasteiger partial charge in [0.2, 0.25) is 5.91 Å². The molecule has 0 saturated carbocycles. The van der Waals surface area contributed by atoms with Crippen molar-refractivity contribution in [3.63, 3.8) is 0 Å². The summed E-state index contributed by atoms with van der Waals surface area (Å²) in [5.41, 5.74) is 7.20. The molecule has 1 atom stereocenters. The topological polar surface area (TPSA) is 85.0 Å². The van der Waals surface area contributed by atoms with Gasteiger partial charge < -0.3 is 9.80 Å². The molecule has 33 heavy (non-hydrogen) atoms. The number of carbonyl (C=O) groups excluding carboxylic acids is 3. The van der Waals surface area contributed by atoms with Crippen molar-refractivity contribution in [1.82, 2.24) is 25.8 Å². The molecule has 8 nitrogen and oxygen atoms in total. The molecule has 2 heterocycles. The van der Waals surface area contributed by atoms with E-state index in [1.54, 1.807) is 31.1 Å². The minimum Gasteiger partial charge on any atom is -0.349 e. The Labute approximate surface area is 202 Å². The maximum absolute atomic E-state index is 12.3. The molecule has 0 aromatic carbocycles. The van der Waals surface area contributed by atoms with Crippen LogP contribution in [0.1, 0.15) is 19.8 Å². The Hall–Kier alpha value is -2.88. The zero-order valence-corrected chi connectivity index (χ0v) is 20.6. The molecule has 0 bridgehead atoms. The Morgan fingerprint density at radius 3 is 2.58 bits per heavy atom. The lowest BCUT2D eigenvalue weighted by Gasteiger charge is -2.39. The van der Waals surface area contributed by atoms with Crippen molar-refractivity contribution in [2.24, 2.45) is 0 Å². The highest BCUT2D eigenvalue weighted by Gasteiger charge is 2.38. The summed E-state index contributed by atoms with van der Waals surface area (Å²) >= 11 is 4.06. The fourth-order valence-electron chi connectivity index (χ4n) is 2.91. The van der Waals surface area contributed by atoms with Crippen molar-refractivity contribution in [3.8, 4) is 0 Å². The second kappa shape index (κ2) is 14.3. The minimum absolute atomic E-state index is 0.0986. The first-order valence-electron chi connectivity index (χ1n) is 10.6. The third kappa shape index (κ3) is 8.88. The second-order valence-electron chi connectivity index (χ2n) is 7.53. The number of rotatable bonds is 9. The van der Waals surface area contributed by atoms with Gasteiger partial charge >= 0.3 is 0 Å². The number of nitrogens with one attached hydrogen (secondary N) is 2. The van der Waals surface area contributed by atoms with E-state index in [0.29, 0.717) is 25.2 Å². The summed E-state index contributed by atoms with van der Waals surface area (Å²) in [5, 5.41) is 1.26. The number of nitrogens with zero attached hydrogens (tertiary/aromatic N) is 3.